The maximum Gasteiger partial charge on any atom is 0.253 e. The highest BCUT2D eigenvalue weighted by atomic mass is 16.3. The van der Waals surface area contributed by atoms with Crippen molar-refractivity contribution in [3.63, 3.8) is 0 Å². The highest BCUT2D eigenvalue weighted by molar-refractivity contribution is 6.00. The quantitative estimate of drug-likeness (QED) is 0.719. The molecule has 5 heteroatoms. The second-order valence-electron chi connectivity index (χ2n) is 4.10. The number of nitrogens with two attached hydrogens (primary N) is 1. The predicted molar refractivity (Wildman–Crippen MR) is 74.9 cm³/mol. The Morgan fingerprint density at radius 3 is 2.89 bits per heavy atom. The van der Waals surface area contributed by atoms with E-state index in [-0.39, 0.29) is 5.91 Å². The van der Waals surface area contributed by atoms with Crippen LogP contribution in [0.15, 0.2) is 41.0 Å². The van der Waals surface area contributed by atoms with Gasteiger partial charge in [-0.2, -0.15) is 0 Å². The molecule has 19 heavy (non-hydrogen) atoms. The molecule has 0 bridgehead atoms. The number of carbonyl (C=O) groups excluding carboxylic acids is 1. The van der Waals surface area contributed by atoms with E-state index in [0.717, 1.165) is 11.4 Å². The molecule has 0 radical (unpaired) electrons. The minimum atomic E-state index is -0.142. The van der Waals surface area contributed by atoms with E-state index >= 15 is 0 Å². The fourth-order valence-corrected chi connectivity index (χ4v) is 1.76. The van der Waals surface area contributed by atoms with Gasteiger partial charge in [-0.25, -0.2) is 0 Å². The largest absolute Gasteiger partial charge is 0.467 e. The van der Waals surface area contributed by atoms with E-state index in [2.05, 4.69) is 10.6 Å². The second kappa shape index (κ2) is 5.95. The van der Waals surface area contributed by atoms with Crippen LogP contribution >= 0.6 is 0 Å². The Balaban J connectivity index is 2.16. The highest BCUT2D eigenvalue weighted by Crippen LogP contribution is 2.20. The average molecular weight is 259 g/mol. The first-order chi connectivity index (χ1) is 9.20. The van der Waals surface area contributed by atoms with Crippen molar-refractivity contribution in [1.29, 1.82) is 0 Å². The molecule has 5 nitrogen and oxygen atoms in total. The molecular formula is C14H17N3O2. The third-order valence-electron chi connectivity index (χ3n) is 2.66. The summed E-state index contributed by atoms with van der Waals surface area (Å²) in [5, 5.41) is 5.94. The Labute approximate surface area is 111 Å². The van der Waals surface area contributed by atoms with Crippen LogP contribution in [0.2, 0.25) is 0 Å². The Morgan fingerprint density at radius 2 is 2.21 bits per heavy atom. The van der Waals surface area contributed by atoms with Crippen LogP contribution in [-0.2, 0) is 6.54 Å². The lowest BCUT2D eigenvalue weighted by atomic mass is 10.1. The van der Waals surface area contributed by atoms with Crippen molar-refractivity contribution in [3.05, 3.63) is 47.9 Å². The number of hydrogen-bond acceptors (Lipinski definition) is 4. The molecule has 0 fully saturated rings. The molecule has 0 aliphatic rings. The minimum absolute atomic E-state index is 0.142. The lowest BCUT2D eigenvalue weighted by molar-refractivity contribution is 0.0956. The molecule has 1 aromatic carbocycles. The SMILES string of the molecule is CCNC(=O)c1cc(N)ccc1NCc1ccco1. The summed E-state index contributed by atoms with van der Waals surface area (Å²) < 4.78 is 5.24. The molecule has 0 spiro atoms. The number of anilines is 2. The zero-order valence-electron chi connectivity index (χ0n) is 10.8. The van der Waals surface area contributed by atoms with Crippen molar-refractivity contribution in [1.82, 2.24) is 5.32 Å². The summed E-state index contributed by atoms with van der Waals surface area (Å²) in [4.78, 5) is 11.9. The Morgan fingerprint density at radius 1 is 1.37 bits per heavy atom. The first-order valence-corrected chi connectivity index (χ1v) is 6.14. The van der Waals surface area contributed by atoms with Gasteiger partial charge in [0, 0.05) is 17.9 Å². The fraction of sp³-hybridized carbons (Fsp3) is 0.214. The van der Waals surface area contributed by atoms with E-state index in [0.29, 0.717) is 24.3 Å². The third-order valence-corrected chi connectivity index (χ3v) is 2.66. The van der Waals surface area contributed by atoms with Crippen LogP contribution < -0.4 is 16.4 Å². The van der Waals surface area contributed by atoms with Gasteiger partial charge < -0.3 is 20.8 Å². The lowest BCUT2D eigenvalue weighted by Gasteiger charge is -2.11. The number of hydrogen-bond donors (Lipinski definition) is 3. The zero-order valence-corrected chi connectivity index (χ0v) is 10.8. The summed E-state index contributed by atoms with van der Waals surface area (Å²) in [7, 11) is 0. The molecule has 2 rings (SSSR count). The summed E-state index contributed by atoms with van der Waals surface area (Å²) >= 11 is 0. The van der Waals surface area contributed by atoms with Gasteiger partial charge in [-0.15, -0.1) is 0 Å². The van der Waals surface area contributed by atoms with Crippen molar-refractivity contribution < 1.29 is 9.21 Å². The topological polar surface area (TPSA) is 80.3 Å². The van der Waals surface area contributed by atoms with E-state index in [4.69, 9.17) is 10.2 Å². The summed E-state index contributed by atoms with van der Waals surface area (Å²) in [6.45, 7) is 2.97. The van der Waals surface area contributed by atoms with E-state index < -0.39 is 0 Å². The smallest absolute Gasteiger partial charge is 0.253 e. The summed E-state index contributed by atoms with van der Waals surface area (Å²) in [5.74, 6) is 0.662. The molecule has 2 aromatic rings. The van der Waals surface area contributed by atoms with Crippen molar-refractivity contribution in [2.75, 3.05) is 17.6 Å². The van der Waals surface area contributed by atoms with Crippen LogP contribution in [0, 0.1) is 0 Å². The number of nitrogen functional groups attached to an aromatic ring is 1. The van der Waals surface area contributed by atoms with Gasteiger partial charge >= 0.3 is 0 Å². The molecule has 0 aliphatic heterocycles. The van der Waals surface area contributed by atoms with Crippen molar-refractivity contribution in [3.8, 4) is 0 Å². The monoisotopic (exact) mass is 259 g/mol. The number of benzene rings is 1. The van der Waals surface area contributed by atoms with Crippen LogP contribution in [-0.4, -0.2) is 12.5 Å². The van der Waals surface area contributed by atoms with Crippen molar-refractivity contribution >= 4 is 17.3 Å². The second-order valence-corrected chi connectivity index (χ2v) is 4.10. The Bertz CT molecular complexity index is 550. The van der Waals surface area contributed by atoms with Gasteiger partial charge in [0.2, 0.25) is 0 Å². The van der Waals surface area contributed by atoms with E-state index in [9.17, 15) is 4.79 Å². The van der Waals surface area contributed by atoms with E-state index in [1.807, 2.05) is 19.1 Å². The van der Waals surface area contributed by atoms with Gasteiger partial charge in [0.1, 0.15) is 5.76 Å². The molecule has 4 N–H and O–H groups in total. The first-order valence-electron chi connectivity index (χ1n) is 6.14. The van der Waals surface area contributed by atoms with E-state index in [1.165, 1.54) is 0 Å². The number of carbonyl (C=O) groups is 1. The van der Waals surface area contributed by atoms with Crippen molar-refractivity contribution in [2.45, 2.75) is 13.5 Å². The summed E-state index contributed by atoms with van der Waals surface area (Å²) in [5.41, 5.74) is 7.55. The van der Waals surface area contributed by atoms with Gasteiger partial charge in [-0.1, -0.05) is 0 Å². The molecule has 1 aromatic heterocycles. The van der Waals surface area contributed by atoms with Gasteiger partial charge in [0.15, 0.2) is 0 Å². The van der Waals surface area contributed by atoms with E-state index in [1.54, 1.807) is 24.5 Å². The van der Waals surface area contributed by atoms with Crippen LogP contribution in [0.4, 0.5) is 11.4 Å². The molecule has 0 atom stereocenters. The minimum Gasteiger partial charge on any atom is -0.467 e. The van der Waals surface area contributed by atoms with Gasteiger partial charge in [0.25, 0.3) is 5.91 Å². The normalized spacial score (nSPS) is 10.2. The average Bonchev–Trinajstić information content (AvgIpc) is 2.90. The zero-order chi connectivity index (χ0) is 13.7. The van der Waals surface area contributed by atoms with Crippen LogP contribution in [0.25, 0.3) is 0 Å². The summed E-state index contributed by atoms with van der Waals surface area (Å²) in [6.07, 6.45) is 1.62. The molecule has 0 aliphatic carbocycles. The van der Waals surface area contributed by atoms with Crippen molar-refractivity contribution in [2.24, 2.45) is 0 Å². The number of rotatable bonds is 5. The highest BCUT2D eigenvalue weighted by Gasteiger charge is 2.11. The fourth-order valence-electron chi connectivity index (χ4n) is 1.76. The maximum atomic E-state index is 11.9. The van der Waals surface area contributed by atoms with Gasteiger partial charge in [-0.05, 0) is 37.3 Å². The number of amides is 1. The summed E-state index contributed by atoms with van der Waals surface area (Å²) in [6, 6.07) is 8.91. The van der Waals surface area contributed by atoms with Gasteiger partial charge in [0.05, 0.1) is 18.4 Å². The molecule has 1 heterocycles. The Hall–Kier alpha value is -2.43. The van der Waals surface area contributed by atoms with Crippen LogP contribution in [0.3, 0.4) is 0 Å². The van der Waals surface area contributed by atoms with Crippen LogP contribution in [0.5, 0.6) is 0 Å². The third kappa shape index (κ3) is 3.28. The molecule has 1 amide bonds. The first kappa shape index (κ1) is 13.0. The number of furan rings is 1. The maximum absolute atomic E-state index is 11.9. The van der Waals surface area contributed by atoms with Gasteiger partial charge in [-0.3, -0.25) is 4.79 Å². The Kier molecular flexibility index (Phi) is 4.07. The van der Waals surface area contributed by atoms with Crippen LogP contribution in [0.1, 0.15) is 23.0 Å². The molecule has 0 saturated heterocycles. The number of nitrogens with one attached hydrogen (secondary N) is 2. The molecule has 0 unspecified atom stereocenters. The molecule has 0 saturated carbocycles. The predicted octanol–water partition coefficient (Wildman–Crippen LogP) is 2.22. The lowest BCUT2D eigenvalue weighted by Crippen LogP contribution is -2.24. The molecule has 100 valence electrons. The standard InChI is InChI=1S/C14H17N3O2/c1-2-16-14(18)12-8-10(15)5-6-13(12)17-9-11-4-3-7-19-11/h3-8,17H,2,9,15H2,1H3,(H,16,18). The molecular weight excluding hydrogens is 242 g/mol.